The van der Waals surface area contributed by atoms with Gasteiger partial charge in [-0.15, -0.1) is 0 Å². The largest absolute Gasteiger partial charge is 0.385 e. The van der Waals surface area contributed by atoms with Crippen molar-refractivity contribution in [2.75, 3.05) is 17.6 Å². The molecule has 134 valence electrons. The van der Waals surface area contributed by atoms with Crippen LogP contribution in [0.4, 0.5) is 11.5 Å². The third kappa shape index (κ3) is 2.69. The second-order valence-corrected chi connectivity index (χ2v) is 7.23. The summed E-state index contributed by atoms with van der Waals surface area (Å²) < 4.78 is 1.63. The summed E-state index contributed by atoms with van der Waals surface area (Å²) in [6.07, 6.45) is 3.57. The quantitative estimate of drug-likeness (QED) is 0.683. The fourth-order valence-electron chi connectivity index (χ4n) is 4.27. The molecule has 6 nitrogen and oxygen atoms in total. The van der Waals surface area contributed by atoms with Crippen molar-refractivity contribution in [3.05, 3.63) is 40.6 Å². The fourth-order valence-corrected chi connectivity index (χ4v) is 4.27. The Hall–Kier alpha value is -2.05. The molecule has 0 amide bonds. The molecule has 1 aliphatic carbocycles. The lowest BCUT2D eigenvalue weighted by molar-refractivity contribution is 0.0601. The number of aliphatic hydroxyl groups excluding tert-OH is 1. The van der Waals surface area contributed by atoms with Crippen LogP contribution in [-0.2, 0) is 19.3 Å². The highest BCUT2D eigenvalue weighted by molar-refractivity contribution is 5.61. The molecule has 0 spiro atoms. The molecule has 2 aromatic rings. The first-order valence-corrected chi connectivity index (χ1v) is 9.25. The molecule has 25 heavy (non-hydrogen) atoms. The summed E-state index contributed by atoms with van der Waals surface area (Å²) in [5, 5.41) is 19.3. The van der Waals surface area contributed by atoms with Crippen LogP contribution in [0.1, 0.15) is 54.3 Å². The molecule has 2 heterocycles. The molecule has 1 aliphatic heterocycles. The van der Waals surface area contributed by atoms with Crippen LogP contribution in [0.5, 0.6) is 0 Å². The minimum Gasteiger partial charge on any atom is -0.385 e. The Balaban J connectivity index is 1.71. The number of nitrogens with zero attached hydrogens (tertiary/aromatic N) is 2. The van der Waals surface area contributed by atoms with E-state index >= 15 is 0 Å². The van der Waals surface area contributed by atoms with Crippen LogP contribution in [0, 0.1) is 0 Å². The molecule has 0 fully saturated rings. The van der Waals surface area contributed by atoms with E-state index in [0.29, 0.717) is 5.82 Å². The first kappa shape index (κ1) is 16.4. The number of hydrogen-bond acceptors (Lipinski definition) is 5. The average molecular weight is 341 g/mol. The summed E-state index contributed by atoms with van der Waals surface area (Å²) in [5.41, 5.74) is 18.0. The molecule has 1 aromatic carbocycles. The monoisotopic (exact) mass is 341 g/mol. The first-order chi connectivity index (χ1) is 12.1. The number of aliphatic hydroxyl groups is 1. The number of para-hydroxylation sites is 1. The lowest BCUT2D eigenvalue weighted by Crippen LogP contribution is -2.28. The van der Waals surface area contributed by atoms with Gasteiger partial charge in [0.1, 0.15) is 5.82 Å². The Morgan fingerprint density at radius 1 is 1.40 bits per heavy atom. The highest BCUT2D eigenvalue weighted by atomic mass is 16.3. The second kappa shape index (κ2) is 6.35. The highest BCUT2D eigenvalue weighted by Gasteiger charge is 2.32. The number of anilines is 2. The van der Waals surface area contributed by atoms with Crippen molar-refractivity contribution in [3.8, 4) is 0 Å². The Labute approximate surface area is 148 Å². The van der Waals surface area contributed by atoms with Gasteiger partial charge in [0, 0.05) is 29.8 Å². The van der Waals surface area contributed by atoms with E-state index in [4.69, 9.17) is 11.5 Å². The van der Waals surface area contributed by atoms with Gasteiger partial charge in [0.15, 0.2) is 6.23 Å². The van der Waals surface area contributed by atoms with Gasteiger partial charge in [0.2, 0.25) is 0 Å². The number of fused-ring (bicyclic) bond motifs is 2. The number of rotatable bonds is 3. The van der Waals surface area contributed by atoms with Gasteiger partial charge in [-0.25, -0.2) is 4.68 Å². The molecule has 6 N–H and O–H groups in total. The summed E-state index contributed by atoms with van der Waals surface area (Å²) >= 11 is 0. The predicted molar refractivity (Wildman–Crippen MR) is 99.6 cm³/mol. The molecule has 4 rings (SSSR count). The molecule has 3 unspecified atom stereocenters. The van der Waals surface area contributed by atoms with E-state index in [1.165, 1.54) is 5.56 Å². The fraction of sp³-hybridized carbons (Fsp3) is 0.526. The van der Waals surface area contributed by atoms with Crippen LogP contribution in [0.3, 0.4) is 0 Å². The standard InChI is InChI=1S/C19H27N5O/c1-2-11-4-3-5-13-14(8-9-22-17(11)13)19(25)24-18(21)15-10-12(20)6-7-16(15)23-24/h3-5,12,14,19,22,25H,2,6-10,20-21H2,1H3. The van der Waals surface area contributed by atoms with E-state index in [1.807, 2.05) is 0 Å². The zero-order valence-electron chi connectivity index (χ0n) is 14.7. The second-order valence-electron chi connectivity index (χ2n) is 7.23. The van der Waals surface area contributed by atoms with Gasteiger partial charge in [0.25, 0.3) is 0 Å². The number of nitrogens with one attached hydrogen (secondary N) is 1. The third-order valence-electron chi connectivity index (χ3n) is 5.68. The van der Waals surface area contributed by atoms with Gasteiger partial charge >= 0.3 is 0 Å². The molecule has 2 aliphatic rings. The van der Waals surface area contributed by atoms with E-state index in [2.05, 4.69) is 35.5 Å². The maximum absolute atomic E-state index is 11.1. The van der Waals surface area contributed by atoms with Crippen LogP contribution in [0.25, 0.3) is 0 Å². The van der Waals surface area contributed by atoms with E-state index in [1.54, 1.807) is 4.68 Å². The van der Waals surface area contributed by atoms with Crippen molar-refractivity contribution in [2.24, 2.45) is 5.73 Å². The van der Waals surface area contributed by atoms with E-state index in [9.17, 15) is 5.11 Å². The first-order valence-electron chi connectivity index (χ1n) is 9.25. The van der Waals surface area contributed by atoms with E-state index < -0.39 is 6.23 Å². The SMILES string of the molecule is CCc1cccc2c1NCCC2C(O)n1nc2c(c1N)CC(N)CC2. The van der Waals surface area contributed by atoms with Crippen molar-refractivity contribution < 1.29 is 5.11 Å². The summed E-state index contributed by atoms with van der Waals surface area (Å²) in [4.78, 5) is 0. The minimum atomic E-state index is -0.755. The zero-order valence-corrected chi connectivity index (χ0v) is 14.7. The van der Waals surface area contributed by atoms with Crippen molar-refractivity contribution >= 4 is 11.5 Å². The Morgan fingerprint density at radius 2 is 2.24 bits per heavy atom. The van der Waals surface area contributed by atoms with Crippen LogP contribution >= 0.6 is 0 Å². The Morgan fingerprint density at radius 3 is 3.04 bits per heavy atom. The van der Waals surface area contributed by atoms with E-state index in [-0.39, 0.29) is 12.0 Å². The molecule has 0 saturated heterocycles. The van der Waals surface area contributed by atoms with Gasteiger partial charge < -0.3 is 21.9 Å². The summed E-state index contributed by atoms with van der Waals surface area (Å²) in [6.45, 7) is 3.00. The van der Waals surface area contributed by atoms with Crippen molar-refractivity contribution in [1.82, 2.24) is 9.78 Å². The van der Waals surface area contributed by atoms with Crippen LogP contribution in [-0.4, -0.2) is 27.5 Å². The molecule has 0 bridgehead atoms. The maximum atomic E-state index is 11.1. The smallest absolute Gasteiger partial charge is 0.156 e. The normalized spacial score (nSPS) is 23.5. The number of benzene rings is 1. The lowest BCUT2D eigenvalue weighted by atomic mass is 9.87. The molecule has 1 aromatic heterocycles. The summed E-state index contributed by atoms with van der Waals surface area (Å²) in [5.74, 6) is 0.560. The summed E-state index contributed by atoms with van der Waals surface area (Å²) in [6, 6.07) is 6.45. The van der Waals surface area contributed by atoms with Gasteiger partial charge in [-0.05, 0) is 43.2 Å². The molecular weight excluding hydrogens is 314 g/mol. The van der Waals surface area contributed by atoms with Crippen LogP contribution < -0.4 is 16.8 Å². The predicted octanol–water partition coefficient (Wildman–Crippen LogP) is 1.93. The third-order valence-corrected chi connectivity index (χ3v) is 5.68. The van der Waals surface area contributed by atoms with Crippen molar-refractivity contribution in [1.29, 1.82) is 0 Å². The number of aromatic nitrogens is 2. The maximum Gasteiger partial charge on any atom is 0.156 e. The molecule has 0 radical (unpaired) electrons. The van der Waals surface area contributed by atoms with Crippen molar-refractivity contribution in [2.45, 2.75) is 57.2 Å². The van der Waals surface area contributed by atoms with Gasteiger partial charge in [0.05, 0.1) is 5.69 Å². The average Bonchev–Trinajstić information content (AvgIpc) is 2.96. The molecule has 0 saturated carbocycles. The summed E-state index contributed by atoms with van der Waals surface area (Å²) in [7, 11) is 0. The number of hydrogen-bond donors (Lipinski definition) is 4. The van der Waals surface area contributed by atoms with Gasteiger partial charge in [-0.2, -0.15) is 5.10 Å². The van der Waals surface area contributed by atoms with Crippen LogP contribution in [0.2, 0.25) is 0 Å². The molecule has 6 heteroatoms. The molecule has 3 atom stereocenters. The zero-order chi connectivity index (χ0) is 17.6. The number of nitrogen functional groups attached to an aromatic ring is 1. The Kier molecular flexibility index (Phi) is 4.17. The molecular formula is C19H27N5O. The Bertz CT molecular complexity index is 784. The number of aryl methyl sites for hydroxylation is 2. The number of nitrogens with two attached hydrogens (primary N) is 2. The van der Waals surface area contributed by atoms with Gasteiger partial charge in [-0.3, -0.25) is 0 Å². The topological polar surface area (TPSA) is 102 Å². The minimum absolute atomic E-state index is 0.0138. The lowest BCUT2D eigenvalue weighted by Gasteiger charge is -2.32. The van der Waals surface area contributed by atoms with Gasteiger partial charge in [-0.1, -0.05) is 25.1 Å². The highest BCUT2D eigenvalue weighted by Crippen LogP contribution is 2.41. The van der Waals surface area contributed by atoms with Crippen molar-refractivity contribution in [3.63, 3.8) is 0 Å². The van der Waals surface area contributed by atoms with Crippen LogP contribution in [0.15, 0.2) is 18.2 Å². The van der Waals surface area contributed by atoms with E-state index in [0.717, 1.165) is 61.2 Å².